The Morgan fingerprint density at radius 3 is 2.31 bits per heavy atom. The first-order valence-electron chi connectivity index (χ1n) is 8.59. The van der Waals surface area contributed by atoms with Gasteiger partial charge in [-0.25, -0.2) is 0 Å². The van der Waals surface area contributed by atoms with Crippen LogP contribution in [0.25, 0.3) is 21.9 Å². The summed E-state index contributed by atoms with van der Waals surface area (Å²) >= 11 is 6.17. The lowest BCUT2D eigenvalue weighted by atomic mass is 10.0. The largest absolute Gasteiger partial charge is 0.464 e. The van der Waals surface area contributed by atoms with E-state index in [0.29, 0.717) is 5.02 Å². The van der Waals surface area contributed by atoms with Crippen molar-refractivity contribution in [1.29, 1.82) is 0 Å². The van der Waals surface area contributed by atoms with Crippen LogP contribution in [0.5, 0.6) is 5.75 Å². The zero-order valence-electron chi connectivity index (χ0n) is 13.9. The van der Waals surface area contributed by atoms with Gasteiger partial charge in [0.15, 0.2) is 12.0 Å². The van der Waals surface area contributed by atoms with Crippen molar-refractivity contribution in [3.8, 4) is 16.9 Å². The van der Waals surface area contributed by atoms with E-state index in [4.69, 9.17) is 16.3 Å². The Balaban J connectivity index is 1.47. The number of hydrogen-bond acceptors (Lipinski definition) is 2. The van der Waals surface area contributed by atoms with Gasteiger partial charge in [-0.3, -0.25) is 0 Å². The SMILES string of the molecule is Clc1ccc2ccc3c(c2c1)OC(c1ccc(-c2ccccc2)cc1)N3. The number of ether oxygens (including phenoxy) is 1. The molecule has 0 bridgehead atoms. The van der Waals surface area contributed by atoms with E-state index in [1.165, 1.54) is 11.1 Å². The summed E-state index contributed by atoms with van der Waals surface area (Å²) in [6.45, 7) is 0. The first kappa shape index (κ1) is 15.3. The molecule has 0 amide bonds. The van der Waals surface area contributed by atoms with E-state index >= 15 is 0 Å². The zero-order valence-corrected chi connectivity index (χ0v) is 14.7. The second-order valence-corrected chi connectivity index (χ2v) is 6.87. The minimum Gasteiger partial charge on any atom is -0.464 e. The van der Waals surface area contributed by atoms with E-state index in [-0.39, 0.29) is 6.23 Å². The molecule has 0 fully saturated rings. The van der Waals surface area contributed by atoms with Gasteiger partial charge in [0.25, 0.3) is 0 Å². The lowest BCUT2D eigenvalue weighted by molar-refractivity contribution is 0.262. The van der Waals surface area contributed by atoms with Gasteiger partial charge in [-0.2, -0.15) is 0 Å². The van der Waals surface area contributed by atoms with Gasteiger partial charge >= 0.3 is 0 Å². The van der Waals surface area contributed by atoms with Crippen LogP contribution in [0.15, 0.2) is 84.9 Å². The van der Waals surface area contributed by atoms with Crippen molar-refractivity contribution >= 4 is 28.1 Å². The fraction of sp³-hybridized carbons (Fsp3) is 0.0435. The summed E-state index contributed by atoms with van der Waals surface area (Å²) < 4.78 is 6.24. The van der Waals surface area contributed by atoms with E-state index < -0.39 is 0 Å². The van der Waals surface area contributed by atoms with Crippen LogP contribution in [0.1, 0.15) is 11.8 Å². The van der Waals surface area contributed by atoms with E-state index in [9.17, 15) is 0 Å². The molecule has 0 spiro atoms. The molecule has 0 aromatic heterocycles. The number of benzene rings is 4. The van der Waals surface area contributed by atoms with Gasteiger partial charge in [-0.15, -0.1) is 0 Å². The highest BCUT2D eigenvalue weighted by molar-refractivity contribution is 6.31. The predicted octanol–water partition coefficient (Wildman–Crippen LogP) is 6.66. The Bertz CT molecular complexity index is 1090. The monoisotopic (exact) mass is 357 g/mol. The molecule has 126 valence electrons. The number of anilines is 1. The molecule has 26 heavy (non-hydrogen) atoms. The van der Waals surface area contributed by atoms with Crippen molar-refractivity contribution < 1.29 is 4.74 Å². The Morgan fingerprint density at radius 2 is 1.50 bits per heavy atom. The number of nitrogens with one attached hydrogen (secondary N) is 1. The Hall–Kier alpha value is -2.97. The molecular weight excluding hydrogens is 342 g/mol. The molecule has 0 aliphatic carbocycles. The van der Waals surface area contributed by atoms with Crippen molar-refractivity contribution in [3.63, 3.8) is 0 Å². The highest BCUT2D eigenvalue weighted by Crippen LogP contribution is 2.43. The molecule has 4 aromatic rings. The van der Waals surface area contributed by atoms with Crippen molar-refractivity contribution in [3.05, 3.63) is 95.5 Å². The molecule has 1 heterocycles. The molecule has 2 nitrogen and oxygen atoms in total. The van der Waals surface area contributed by atoms with Crippen LogP contribution in [0, 0.1) is 0 Å². The highest BCUT2D eigenvalue weighted by atomic mass is 35.5. The average Bonchev–Trinajstić information content (AvgIpc) is 3.14. The van der Waals surface area contributed by atoms with Gasteiger partial charge in [0.05, 0.1) is 5.69 Å². The molecule has 1 aliphatic rings. The lowest BCUT2D eigenvalue weighted by Gasteiger charge is -2.12. The van der Waals surface area contributed by atoms with Crippen molar-refractivity contribution in [2.75, 3.05) is 5.32 Å². The standard InChI is InChI=1S/C23H16ClNO/c24-19-12-10-17-11-13-21-22(20(17)14-19)26-23(25-21)18-8-6-16(7-9-18)15-4-2-1-3-5-15/h1-14,23,25H. The molecule has 0 radical (unpaired) electrons. The third-order valence-electron chi connectivity index (χ3n) is 4.78. The normalized spacial score (nSPS) is 15.3. The highest BCUT2D eigenvalue weighted by Gasteiger charge is 2.25. The van der Waals surface area contributed by atoms with E-state index in [0.717, 1.165) is 27.8 Å². The topological polar surface area (TPSA) is 21.3 Å². The third kappa shape index (κ3) is 2.59. The van der Waals surface area contributed by atoms with Gasteiger partial charge in [0, 0.05) is 16.0 Å². The molecule has 1 unspecified atom stereocenters. The Kier molecular flexibility index (Phi) is 3.58. The minimum absolute atomic E-state index is 0.195. The second-order valence-electron chi connectivity index (χ2n) is 6.44. The molecule has 5 rings (SSSR count). The molecule has 0 saturated carbocycles. The summed E-state index contributed by atoms with van der Waals surface area (Å²) in [6.07, 6.45) is -0.195. The van der Waals surface area contributed by atoms with Crippen LogP contribution in [0.2, 0.25) is 5.02 Å². The number of rotatable bonds is 2. The van der Waals surface area contributed by atoms with Crippen LogP contribution in [0.3, 0.4) is 0 Å². The maximum atomic E-state index is 6.24. The van der Waals surface area contributed by atoms with E-state index in [2.05, 4.69) is 66.0 Å². The predicted molar refractivity (Wildman–Crippen MR) is 108 cm³/mol. The van der Waals surface area contributed by atoms with Gasteiger partial charge < -0.3 is 10.1 Å². The molecule has 1 aliphatic heterocycles. The number of halogens is 1. The van der Waals surface area contributed by atoms with Crippen LogP contribution in [-0.4, -0.2) is 0 Å². The van der Waals surface area contributed by atoms with Gasteiger partial charge in [0.1, 0.15) is 0 Å². The summed E-state index contributed by atoms with van der Waals surface area (Å²) in [6, 6.07) is 28.9. The quantitative estimate of drug-likeness (QED) is 0.433. The summed E-state index contributed by atoms with van der Waals surface area (Å²) in [4.78, 5) is 0. The minimum atomic E-state index is -0.195. The number of fused-ring (bicyclic) bond motifs is 3. The van der Waals surface area contributed by atoms with E-state index in [1.807, 2.05) is 24.3 Å². The summed E-state index contributed by atoms with van der Waals surface area (Å²) in [7, 11) is 0. The average molecular weight is 358 g/mol. The van der Waals surface area contributed by atoms with Gasteiger partial charge in [-0.1, -0.05) is 78.3 Å². The summed E-state index contributed by atoms with van der Waals surface area (Å²) in [5.41, 5.74) is 4.50. The maximum absolute atomic E-state index is 6.24. The molecule has 1 N–H and O–H groups in total. The van der Waals surface area contributed by atoms with Crippen LogP contribution >= 0.6 is 11.6 Å². The summed E-state index contributed by atoms with van der Waals surface area (Å²) in [5, 5.41) is 6.32. The van der Waals surface area contributed by atoms with Gasteiger partial charge in [0.2, 0.25) is 0 Å². The second kappa shape index (κ2) is 6.08. The fourth-order valence-corrected chi connectivity index (χ4v) is 3.60. The molecule has 0 saturated heterocycles. The fourth-order valence-electron chi connectivity index (χ4n) is 3.43. The first-order chi connectivity index (χ1) is 12.8. The third-order valence-corrected chi connectivity index (χ3v) is 5.01. The Labute approximate surface area is 157 Å². The number of hydrogen-bond donors (Lipinski definition) is 1. The van der Waals surface area contributed by atoms with Crippen LogP contribution in [0.4, 0.5) is 5.69 Å². The smallest absolute Gasteiger partial charge is 0.196 e. The van der Waals surface area contributed by atoms with E-state index in [1.54, 1.807) is 0 Å². The maximum Gasteiger partial charge on any atom is 0.196 e. The lowest BCUT2D eigenvalue weighted by Crippen LogP contribution is -2.09. The molecule has 3 heteroatoms. The van der Waals surface area contributed by atoms with Gasteiger partial charge in [-0.05, 0) is 34.7 Å². The van der Waals surface area contributed by atoms with Crippen molar-refractivity contribution in [1.82, 2.24) is 0 Å². The zero-order chi connectivity index (χ0) is 17.5. The molecule has 4 aromatic carbocycles. The van der Waals surface area contributed by atoms with Crippen LogP contribution in [-0.2, 0) is 0 Å². The molecule has 1 atom stereocenters. The summed E-state index contributed by atoms with van der Waals surface area (Å²) in [5.74, 6) is 0.863. The van der Waals surface area contributed by atoms with Crippen molar-refractivity contribution in [2.24, 2.45) is 0 Å². The first-order valence-corrected chi connectivity index (χ1v) is 8.96. The van der Waals surface area contributed by atoms with Crippen molar-refractivity contribution in [2.45, 2.75) is 6.23 Å². The molecular formula is C23H16ClNO. The van der Waals surface area contributed by atoms with Crippen LogP contribution < -0.4 is 10.1 Å². The Morgan fingerprint density at radius 1 is 0.769 bits per heavy atom.